The van der Waals surface area contributed by atoms with E-state index in [1.165, 1.54) is 5.56 Å². The van der Waals surface area contributed by atoms with Gasteiger partial charge in [-0.3, -0.25) is 0 Å². The van der Waals surface area contributed by atoms with Gasteiger partial charge in [-0.15, -0.1) is 0 Å². The van der Waals surface area contributed by atoms with Crippen molar-refractivity contribution in [1.29, 1.82) is 0 Å². The molecule has 0 spiro atoms. The lowest BCUT2D eigenvalue weighted by molar-refractivity contribution is 0.678. The molecule has 0 aliphatic carbocycles. The average molecular weight is 149 g/mol. The maximum Gasteiger partial charge on any atom is 0.00144 e. The van der Waals surface area contributed by atoms with Crippen molar-refractivity contribution < 1.29 is 0 Å². The van der Waals surface area contributed by atoms with E-state index in [9.17, 15) is 0 Å². The van der Waals surface area contributed by atoms with Crippen LogP contribution in [0.15, 0.2) is 30.3 Å². The molecule has 0 unspecified atom stereocenters. The van der Waals surface area contributed by atoms with Crippen LogP contribution in [-0.2, 0) is 0 Å². The molecule has 0 saturated heterocycles. The second-order valence-electron chi connectivity index (χ2n) is 2.87. The maximum absolute atomic E-state index is 3.17. The van der Waals surface area contributed by atoms with Gasteiger partial charge in [0, 0.05) is 6.54 Å². The third-order valence-corrected chi connectivity index (χ3v) is 1.88. The molecule has 1 N–H and O–H groups in total. The van der Waals surface area contributed by atoms with Gasteiger partial charge < -0.3 is 5.32 Å². The van der Waals surface area contributed by atoms with Crippen molar-refractivity contribution >= 4 is 0 Å². The number of hydrogen-bond acceptors (Lipinski definition) is 1. The molecular formula is C10H15N. The molecular weight excluding hydrogens is 134 g/mol. The van der Waals surface area contributed by atoms with Crippen LogP contribution in [0.5, 0.6) is 0 Å². The summed E-state index contributed by atoms with van der Waals surface area (Å²) >= 11 is 0. The topological polar surface area (TPSA) is 12.0 Å². The number of hydrogen-bond donors (Lipinski definition) is 1. The van der Waals surface area contributed by atoms with Crippen molar-refractivity contribution in [1.82, 2.24) is 5.32 Å². The monoisotopic (exact) mass is 149 g/mol. The molecule has 1 rings (SSSR count). The predicted octanol–water partition coefficient (Wildman–Crippen LogP) is 2.01. The molecule has 0 fully saturated rings. The van der Waals surface area contributed by atoms with Gasteiger partial charge in [-0.05, 0) is 18.5 Å². The molecule has 1 aromatic rings. The lowest BCUT2D eigenvalue weighted by Crippen LogP contribution is -2.14. The summed E-state index contributed by atoms with van der Waals surface area (Å²) in [6.07, 6.45) is 0. The molecule has 0 bridgehead atoms. The highest BCUT2D eigenvalue weighted by molar-refractivity contribution is 5.18. The maximum atomic E-state index is 3.17. The Morgan fingerprint density at radius 1 is 1.27 bits per heavy atom. The zero-order chi connectivity index (χ0) is 8.10. The van der Waals surface area contributed by atoms with Gasteiger partial charge in [-0.25, -0.2) is 0 Å². The van der Waals surface area contributed by atoms with Crippen LogP contribution >= 0.6 is 0 Å². The van der Waals surface area contributed by atoms with Gasteiger partial charge in [0.1, 0.15) is 0 Å². The summed E-state index contributed by atoms with van der Waals surface area (Å²) in [6, 6.07) is 10.6. The molecule has 0 aliphatic rings. The van der Waals surface area contributed by atoms with E-state index in [0.29, 0.717) is 5.92 Å². The Morgan fingerprint density at radius 2 is 1.91 bits per heavy atom. The first-order valence-electron chi connectivity index (χ1n) is 4.04. The molecule has 60 valence electrons. The van der Waals surface area contributed by atoms with Crippen LogP contribution in [0.25, 0.3) is 0 Å². The third-order valence-electron chi connectivity index (χ3n) is 1.88. The second kappa shape index (κ2) is 4.14. The predicted molar refractivity (Wildman–Crippen MR) is 48.8 cm³/mol. The zero-order valence-corrected chi connectivity index (χ0v) is 7.17. The van der Waals surface area contributed by atoms with E-state index in [4.69, 9.17) is 0 Å². The quantitative estimate of drug-likeness (QED) is 0.693. The van der Waals surface area contributed by atoms with Crippen LogP contribution in [0.4, 0.5) is 0 Å². The number of likely N-dealkylation sites (N-methyl/N-ethyl adjacent to an activating group) is 1. The van der Waals surface area contributed by atoms with Crippen LogP contribution in [0.1, 0.15) is 18.4 Å². The van der Waals surface area contributed by atoms with E-state index >= 15 is 0 Å². The van der Waals surface area contributed by atoms with Crippen LogP contribution in [-0.4, -0.2) is 13.6 Å². The Kier molecular flexibility index (Phi) is 3.12. The molecule has 1 atom stereocenters. The van der Waals surface area contributed by atoms with Crippen molar-refractivity contribution in [2.45, 2.75) is 12.8 Å². The molecule has 0 aliphatic heterocycles. The molecule has 1 nitrogen and oxygen atoms in total. The minimum atomic E-state index is 0.612. The van der Waals surface area contributed by atoms with E-state index in [-0.39, 0.29) is 0 Å². The van der Waals surface area contributed by atoms with Crippen molar-refractivity contribution in [3.63, 3.8) is 0 Å². The zero-order valence-electron chi connectivity index (χ0n) is 7.17. The summed E-state index contributed by atoms with van der Waals surface area (Å²) in [5, 5.41) is 3.17. The van der Waals surface area contributed by atoms with E-state index in [0.717, 1.165) is 6.54 Å². The molecule has 0 amide bonds. The fraction of sp³-hybridized carbons (Fsp3) is 0.400. The Labute approximate surface area is 68.4 Å². The summed E-state index contributed by atoms with van der Waals surface area (Å²) in [5.41, 5.74) is 1.40. The van der Waals surface area contributed by atoms with Gasteiger partial charge in [-0.1, -0.05) is 37.3 Å². The lowest BCUT2D eigenvalue weighted by atomic mass is 10.0. The molecule has 0 aromatic heterocycles. The third kappa shape index (κ3) is 2.35. The van der Waals surface area contributed by atoms with Gasteiger partial charge in [0.05, 0.1) is 0 Å². The van der Waals surface area contributed by atoms with Crippen LogP contribution < -0.4 is 5.32 Å². The fourth-order valence-electron chi connectivity index (χ4n) is 1.21. The van der Waals surface area contributed by atoms with Crippen molar-refractivity contribution in [3.8, 4) is 0 Å². The highest BCUT2D eigenvalue weighted by Crippen LogP contribution is 2.12. The second-order valence-corrected chi connectivity index (χ2v) is 2.87. The lowest BCUT2D eigenvalue weighted by Gasteiger charge is -2.09. The van der Waals surface area contributed by atoms with Gasteiger partial charge in [0.15, 0.2) is 0 Å². The Hall–Kier alpha value is -0.820. The first kappa shape index (κ1) is 8.28. The fourth-order valence-corrected chi connectivity index (χ4v) is 1.21. The summed E-state index contributed by atoms with van der Waals surface area (Å²) in [5.74, 6) is 0.612. The van der Waals surface area contributed by atoms with Crippen LogP contribution in [0.2, 0.25) is 0 Å². The summed E-state index contributed by atoms with van der Waals surface area (Å²) in [6.45, 7) is 3.27. The number of nitrogens with one attached hydrogen (secondary N) is 1. The summed E-state index contributed by atoms with van der Waals surface area (Å²) in [7, 11) is 1.99. The molecule has 11 heavy (non-hydrogen) atoms. The Balaban J connectivity index is 2.61. The smallest absolute Gasteiger partial charge is 0.00144 e. The Bertz CT molecular complexity index is 193. The van der Waals surface area contributed by atoms with Crippen LogP contribution in [0, 0.1) is 0 Å². The highest BCUT2D eigenvalue weighted by Gasteiger charge is 2.01. The van der Waals surface area contributed by atoms with E-state index < -0.39 is 0 Å². The van der Waals surface area contributed by atoms with E-state index in [1.54, 1.807) is 0 Å². The molecule has 0 radical (unpaired) electrons. The SMILES string of the molecule is CNC[C@H](C)c1ccccc1. The first-order valence-corrected chi connectivity index (χ1v) is 4.04. The van der Waals surface area contributed by atoms with Gasteiger partial charge in [0.25, 0.3) is 0 Å². The highest BCUT2D eigenvalue weighted by atomic mass is 14.8. The number of benzene rings is 1. The molecule has 0 saturated carbocycles. The first-order chi connectivity index (χ1) is 5.34. The van der Waals surface area contributed by atoms with Crippen LogP contribution in [0.3, 0.4) is 0 Å². The standard InChI is InChI=1S/C10H15N/c1-9(8-11-2)10-6-4-3-5-7-10/h3-7,9,11H,8H2,1-2H3/t9-/m0/s1. The van der Waals surface area contributed by atoms with Crippen molar-refractivity contribution in [2.75, 3.05) is 13.6 Å². The Morgan fingerprint density at radius 3 is 2.45 bits per heavy atom. The molecule has 0 heterocycles. The van der Waals surface area contributed by atoms with Crippen molar-refractivity contribution in [2.24, 2.45) is 0 Å². The summed E-state index contributed by atoms with van der Waals surface area (Å²) < 4.78 is 0. The molecule has 1 aromatic carbocycles. The largest absolute Gasteiger partial charge is 0.319 e. The number of rotatable bonds is 3. The normalized spacial score (nSPS) is 12.9. The van der Waals surface area contributed by atoms with Gasteiger partial charge in [-0.2, -0.15) is 0 Å². The van der Waals surface area contributed by atoms with Gasteiger partial charge in [0.2, 0.25) is 0 Å². The minimum absolute atomic E-state index is 0.612. The van der Waals surface area contributed by atoms with Gasteiger partial charge >= 0.3 is 0 Å². The van der Waals surface area contributed by atoms with Crippen molar-refractivity contribution in [3.05, 3.63) is 35.9 Å². The van der Waals surface area contributed by atoms with E-state index in [1.807, 2.05) is 7.05 Å². The van der Waals surface area contributed by atoms with E-state index in [2.05, 4.69) is 42.6 Å². The average Bonchev–Trinajstić information content (AvgIpc) is 2.07. The summed E-state index contributed by atoms with van der Waals surface area (Å²) in [4.78, 5) is 0. The minimum Gasteiger partial charge on any atom is -0.319 e. The molecule has 1 heteroatoms.